The number of hydrogen-bond donors (Lipinski definition) is 1. The van der Waals surface area contributed by atoms with Gasteiger partial charge in [-0.3, -0.25) is 9.69 Å². The lowest BCUT2D eigenvalue weighted by Crippen LogP contribution is -2.40. The van der Waals surface area contributed by atoms with E-state index in [0.29, 0.717) is 23.3 Å². The van der Waals surface area contributed by atoms with Gasteiger partial charge in [0.2, 0.25) is 5.91 Å². The van der Waals surface area contributed by atoms with Crippen LogP contribution in [0, 0.1) is 5.92 Å². The van der Waals surface area contributed by atoms with Gasteiger partial charge in [0.05, 0.1) is 16.1 Å². The van der Waals surface area contributed by atoms with Gasteiger partial charge in [-0.05, 0) is 68.2 Å². The second-order valence-corrected chi connectivity index (χ2v) is 8.75. The number of nitrogens with zero attached hydrogens (tertiary/aromatic N) is 1. The summed E-state index contributed by atoms with van der Waals surface area (Å²) in [5, 5.41) is 4.32. The second-order valence-electron chi connectivity index (χ2n) is 7.93. The standard InChI is InChI=1S/C23H26Cl2N2O3/c1-15(18-3-5-21-22(13-18)30-11-10-29-21)26-23(28)17-6-8-27(9-7-17)14-16-2-4-19(24)20(25)12-16/h2-5,12-13,15,17H,6-11,14H2,1H3,(H,26,28)/t15-/m1/s1. The van der Waals surface area contributed by atoms with Crippen molar-refractivity contribution in [2.75, 3.05) is 26.3 Å². The Kier molecular flexibility index (Phi) is 6.71. The summed E-state index contributed by atoms with van der Waals surface area (Å²) in [6.45, 7) is 5.72. The molecular formula is C23H26Cl2N2O3. The van der Waals surface area contributed by atoms with Crippen LogP contribution in [0.4, 0.5) is 0 Å². The number of amides is 1. The molecule has 2 aliphatic rings. The normalized spacial score (nSPS) is 18.1. The van der Waals surface area contributed by atoms with E-state index in [0.717, 1.165) is 55.1 Å². The fourth-order valence-corrected chi connectivity index (χ4v) is 4.31. The van der Waals surface area contributed by atoms with Gasteiger partial charge in [0.15, 0.2) is 11.5 Å². The van der Waals surface area contributed by atoms with Crippen LogP contribution >= 0.6 is 23.2 Å². The largest absolute Gasteiger partial charge is 0.486 e. The number of hydrogen-bond acceptors (Lipinski definition) is 4. The number of nitrogens with one attached hydrogen (secondary N) is 1. The minimum Gasteiger partial charge on any atom is -0.486 e. The molecule has 2 aromatic rings. The molecule has 1 N–H and O–H groups in total. The molecule has 1 atom stereocenters. The van der Waals surface area contributed by atoms with Gasteiger partial charge in [0.1, 0.15) is 13.2 Å². The summed E-state index contributed by atoms with van der Waals surface area (Å²) >= 11 is 12.1. The molecule has 0 radical (unpaired) electrons. The maximum Gasteiger partial charge on any atom is 0.223 e. The van der Waals surface area contributed by atoms with Crippen LogP contribution in [0.25, 0.3) is 0 Å². The number of ether oxygens (including phenoxy) is 2. The third-order valence-corrected chi connectivity index (χ3v) is 6.51. The molecule has 0 aromatic heterocycles. The Balaban J connectivity index is 1.28. The molecule has 2 aliphatic heterocycles. The maximum absolute atomic E-state index is 12.8. The molecule has 1 fully saturated rings. The van der Waals surface area contributed by atoms with E-state index in [2.05, 4.69) is 10.2 Å². The van der Waals surface area contributed by atoms with Crippen molar-refractivity contribution in [1.29, 1.82) is 0 Å². The third-order valence-electron chi connectivity index (χ3n) is 5.77. The van der Waals surface area contributed by atoms with E-state index in [1.807, 2.05) is 43.3 Å². The SMILES string of the molecule is C[C@@H](NC(=O)C1CCN(Cc2ccc(Cl)c(Cl)c2)CC1)c1ccc2c(c1)OCCO2. The number of piperidine rings is 1. The van der Waals surface area contributed by atoms with E-state index in [-0.39, 0.29) is 17.9 Å². The number of benzene rings is 2. The van der Waals surface area contributed by atoms with E-state index < -0.39 is 0 Å². The number of halogens is 2. The highest BCUT2D eigenvalue weighted by Crippen LogP contribution is 2.33. The summed E-state index contributed by atoms with van der Waals surface area (Å²) in [6.07, 6.45) is 1.70. The lowest BCUT2D eigenvalue weighted by atomic mass is 9.94. The van der Waals surface area contributed by atoms with Crippen LogP contribution in [0.1, 0.15) is 36.9 Å². The molecule has 7 heteroatoms. The highest BCUT2D eigenvalue weighted by Gasteiger charge is 2.26. The number of likely N-dealkylation sites (tertiary alicyclic amines) is 1. The molecule has 2 heterocycles. The van der Waals surface area contributed by atoms with E-state index in [9.17, 15) is 4.79 Å². The van der Waals surface area contributed by atoms with Crippen molar-refractivity contribution in [3.63, 3.8) is 0 Å². The summed E-state index contributed by atoms with van der Waals surface area (Å²) in [6, 6.07) is 11.5. The second kappa shape index (κ2) is 9.46. The van der Waals surface area contributed by atoms with Crippen LogP contribution < -0.4 is 14.8 Å². The van der Waals surface area contributed by atoms with Crippen LogP contribution in [-0.4, -0.2) is 37.1 Å². The number of carbonyl (C=O) groups excluding carboxylic acids is 1. The molecule has 30 heavy (non-hydrogen) atoms. The smallest absolute Gasteiger partial charge is 0.223 e. The van der Waals surface area contributed by atoms with Crippen LogP contribution in [0.15, 0.2) is 36.4 Å². The summed E-state index contributed by atoms with van der Waals surface area (Å²) < 4.78 is 11.2. The van der Waals surface area contributed by atoms with E-state index in [1.165, 1.54) is 0 Å². The predicted octanol–water partition coefficient (Wildman–Crippen LogP) is 4.85. The van der Waals surface area contributed by atoms with E-state index in [1.54, 1.807) is 0 Å². The monoisotopic (exact) mass is 448 g/mol. The molecule has 0 saturated carbocycles. The van der Waals surface area contributed by atoms with E-state index >= 15 is 0 Å². The minimum absolute atomic E-state index is 0.0368. The zero-order valence-electron chi connectivity index (χ0n) is 17.0. The van der Waals surface area contributed by atoms with Gasteiger partial charge in [0.25, 0.3) is 0 Å². The minimum atomic E-state index is -0.0810. The molecule has 1 saturated heterocycles. The van der Waals surface area contributed by atoms with Crippen LogP contribution in [-0.2, 0) is 11.3 Å². The molecule has 1 amide bonds. The summed E-state index contributed by atoms with van der Waals surface area (Å²) in [7, 11) is 0. The van der Waals surface area contributed by atoms with Crippen molar-refractivity contribution in [3.8, 4) is 11.5 Å². The van der Waals surface area contributed by atoms with Crippen molar-refractivity contribution in [2.24, 2.45) is 5.92 Å². The van der Waals surface area contributed by atoms with Gasteiger partial charge in [0, 0.05) is 12.5 Å². The third kappa shape index (κ3) is 5.02. The summed E-state index contributed by atoms with van der Waals surface area (Å²) in [4.78, 5) is 15.2. The predicted molar refractivity (Wildman–Crippen MR) is 118 cm³/mol. The highest BCUT2D eigenvalue weighted by molar-refractivity contribution is 6.42. The molecule has 160 valence electrons. The lowest BCUT2D eigenvalue weighted by Gasteiger charge is -2.32. The van der Waals surface area contributed by atoms with Gasteiger partial charge in [-0.1, -0.05) is 35.3 Å². The number of carbonyl (C=O) groups is 1. The fourth-order valence-electron chi connectivity index (χ4n) is 3.99. The lowest BCUT2D eigenvalue weighted by molar-refractivity contribution is -0.127. The Morgan fingerprint density at radius 2 is 1.80 bits per heavy atom. The Morgan fingerprint density at radius 3 is 2.53 bits per heavy atom. The first-order chi connectivity index (χ1) is 14.5. The average Bonchev–Trinajstić information content (AvgIpc) is 2.76. The molecule has 0 bridgehead atoms. The molecular weight excluding hydrogens is 423 g/mol. The van der Waals surface area contributed by atoms with Crippen LogP contribution in [0.3, 0.4) is 0 Å². The van der Waals surface area contributed by atoms with E-state index in [4.69, 9.17) is 32.7 Å². The zero-order chi connectivity index (χ0) is 21.1. The molecule has 2 aromatic carbocycles. The van der Waals surface area contributed by atoms with Gasteiger partial charge >= 0.3 is 0 Å². The van der Waals surface area contributed by atoms with Crippen LogP contribution in [0.5, 0.6) is 11.5 Å². The van der Waals surface area contributed by atoms with Gasteiger partial charge in [-0.2, -0.15) is 0 Å². The highest BCUT2D eigenvalue weighted by atomic mass is 35.5. The fraction of sp³-hybridized carbons (Fsp3) is 0.435. The van der Waals surface area contributed by atoms with Crippen molar-refractivity contribution in [2.45, 2.75) is 32.4 Å². The number of fused-ring (bicyclic) bond motifs is 1. The molecule has 0 spiro atoms. The number of rotatable bonds is 5. The molecule has 0 aliphatic carbocycles. The van der Waals surface area contributed by atoms with Crippen molar-refractivity contribution < 1.29 is 14.3 Å². The van der Waals surface area contributed by atoms with Crippen molar-refractivity contribution in [3.05, 3.63) is 57.6 Å². The van der Waals surface area contributed by atoms with Gasteiger partial charge in [-0.15, -0.1) is 0 Å². The van der Waals surface area contributed by atoms with Crippen molar-refractivity contribution >= 4 is 29.1 Å². The first-order valence-electron chi connectivity index (χ1n) is 10.4. The molecule has 5 nitrogen and oxygen atoms in total. The summed E-state index contributed by atoms with van der Waals surface area (Å²) in [5.41, 5.74) is 2.16. The Morgan fingerprint density at radius 1 is 1.07 bits per heavy atom. The first-order valence-corrected chi connectivity index (χ1v) is 11.1. The maximum atomic E-state index is 12.8. The Bertz CT molecular complexity index is 913. The van der Waals surface area contributed by atoms with Gasteiger partial charge in [-0.25, -0.2) is 0 Å². The summed E-state index contributed by atoms with van der Waals surface area (Å²) in [5.74, 6) is 1.66. The topological polar surface area (TPSA) is 50.8 Å². The molecule has 4 rings (SSSR count). The Hall–Kier alpha value is -1.95. The zero-order valence-corrected chi connectivity index (χ0v) is 18.5. The Labute approximate surface area is 187 Å². The first kappa shape index (κ1) is 21.3. The van der Waals surface area contributed by atoms with Crippen LogP contribution in [0.2, 0.25) is 10.0 Å². The quantitative estimate of drug-likeness (QED) is 0.709. The molecule has 0 unspecified atom stereocenters. The van der Waals surface area contributed by atoms with Crippen molar-refractivity contribution in [1.82, 2.24) is 10.2 Å². The van der Waals surface area contributed by atoms with Gasteiger partial charge < -0.3 is 14.8 Å². The average molecular weight is 449 g/mol.